The molecule has 0 saturated heterocycles. The molecule has 0 aliphatic carbocycles. The second-order valence-electron chi connectivity index (χ2n) is 4.16. The van der Waals surface area contributed by atoms with Crippen LogP contribution in [0.5, 0.6) is 0 Å². The Labute approximate surface area is 106 Å². The minimum atomic E-state index is -0.103. The van der Waals surface area contributed by atoms with Crippen molar-refractivity contribution in [3.8, 4) is 12.3 Å². The van der Waals surface area contributed by atoms with Crippen LogP contribution >= 0.6 is 0 Å². The first-order valence-corrected chi connectivity index (χ1v) is 5.92. The minimum Gasteiger partial charge on any atom is -0.348 e. The highest BCUT2D eigenvalue weighted by Crippen LogP contribution is 2.13. The number of fused-ring (bicyclic) bond motifs is 1. The van der Waals surface area contributed by atoms with Gasteiger partial charge in [-0.15, -0.1) is 12.3 Å². The first kappa shape index (κ1) is 12.2. The van der Waals surface area contributed by atoms with E-state index in [0.29, 0.717) is 12.0 Å². The van der Waals surface area contributed by atoms with E-state index < -0.39 is 0 Å². The number of hydrogen-bond acceptors (Lipinski definition) is 2. The number of carbonyl (C=O) groups excluding carboxylic acids is 1. The zero-order valence-corrected chi connectivity index (χ0v) is 10.2. The molecule has 2 N–H and O–H groups in total. The molecule has 18 heavy (non-hydrogen) atoms. The number of terminal acetylenes is 1. The zero-order chi connectivity index (χ0) is 13.0. The second-order valence-corrected chi connectivity index (χ2v) is 4.16. The second kappa shape index (κ2) is 5.37. The number of benzene rings is 1. The number of H-pyrrole nitrogens is 1. The zero-order valence-electron chi connectivity index (χ0n) is 10.2. The number of rotatable bonds is 4. The molecule has 1 amide bonds. The van der Waals surface area contributed by atoms with Gasteiger partial charge in [-0.1, -0.05) is 13.0 Å². The first-order valence-electron chi connectivity index (χ1n) is 5.92. The lowest BCUT2D eigenvalue weighted by atomic mass is 10.1. The van der Waals surface area contributed by atoms with Crippen molar-refractivity contribution in [3.63, 3.8) is 0 Å². The van der Waals surface area contributed by atoms with Gasteiger partial charge in [0.05, 0.1) is 11.7 Å². The largest absolute Gasteiger partial charge is 0.348 e. The smallest absolute Gasteiger partial charge is 0.251 e. The van der Waals surface area contributed by atoms with Gasteiger partial charge in [-0.05, 0) is 18.6 Å². The molecule has 0 fully saturated rings. The van der Waals surface area contributed by atoms with Crippen molar-refractivity contribution >= 4 is 16.8 Å². The van der Waals surface area contributed by atoms with Gasteiger partial charge in [-0.2, -0.15) is 5.10 Å². The summed E-state index contributed by atoms with van der Waals surface area (Å²) in [4.78, 5) is 12.0. The maximum absolute atomic E-state index is 12.0. The Balaban J connectivity index is 2.15. The molecule has 4 heteroatoms. The Morgan fingerprint density at radius 2 is 2.44 bits per heavy atom. The average Bonchev–Trinajstić information content (AvgIpc) is 2.85. The Kier molecular flexibility index (Phi) is 3.63. The molecule has 0 spiro atoms. The van der Waals surface area contributed by atoms with Gasteiger partial charge in [-0.25, -0.2) is 0 Å². The summed E-state index contributed by atoms with van der Waals surface area (Å²) in [6, 6.07) is 5.48. The Hall–Kier alpha value is -2.28. The van der Waals surface area contributed by atoms with Gasteiger partial charge < -0.3 is 5.32 Å². The lowest BCUT2D eigenvalue weighted by Crippen LogP contribution is -2.34. The van der Waals surface area contributed by atoms with Gasteiger partial charge in [0.2, 0.25) is 0 Å². The maximum atomic E-state index is 12.0. The third kappa shape index (κ3) is 2.51. The quantitative estimate of drug-likeness (QED) is 0.805. The molecule has 1 heterocycles. The molecule has 0 bridgehead atoms. The molecular weight excluding hydrogens is 226 g/mol. The van der Waals surface area contributed by atoms with Crippen molar-refractivity contribution in [2.75, 3.05) is 0 Å². The van der Waals surface area contributed by atoms with Crippen LogP contribution in [-0.4, -0.2) is 22.1 Å². The molecule has 2 aromatic rings. The Morgan fingerprint density at radius 3 is 3.17 bits per heavy atom. The lowest BCUT2D eigenvalue weighted by molar-refractivity contribution is 0.0937. The molecule has 1 unspecified atom stereocenters. The van der Waals surface area contributed by atoms with Crippen molar-refractivity contribution in [3.05, 3.63) is 30.0 Å². The molecule has 2 rings (SSSR count). The Morgan fingerprint density at radius 1 is 1.61 bits per heavy atom. The highest BCUT2D eigenvalue weighted by Gasteiger charge is 2.11. The number of hydrogen-bond donors (Lipinski definition) is 2. The SMILES string of the molecule is C#CCC(CC)NC(=O)c1ccc2cn[nH]c2c1. The van der Waals surface area contributed by atoms with Crippen molar-refractivity contribution in [2.24, 2.45) is 0 Å². The number of aromatic amines is 1. The number of carbonyl (C=O) groups is 1. The highest BCUT2D eigenvalue weighted by molar-refractivity contribution is 5.97. The van der Waals surface area contributed by atoms with Crippen molar-refractivity contribution in [1.29, 1.82) is 0 Å². The van der Waals surface area contributed by atoms with Gasteiger partial charge in [0, 0.05) is 23.4 Å². The molecule has 4 nitrogen and oxygen atoms in total. The van der Waals surface area contributed by atoms with E-state index in [4.69, 9.17) is 6.42 Å². The lowest BCUT2D eigenvalue weighted by Gasteiger charge is -2.14. The standard InChI is InChI=1S/C14H15N3O/c1-3-5-12(4-2)16-14(18)10-6-7-11-9-15-17-13(11)8-10/h1,6-9,12H,4-5H2,2H3,(H,15,17)(H,16,18). The van der Waals surface area contributed by atoms with Crippen LogP contribution in [0.3, 0.4) is 0 Å². The summed E-state index contributed by atoms with van der Waals surface area (Å²) in [6.45, 7) is 2.00. The molecule has 92 valence electrons. The number of nitrogens with zero attached hydrogens (tertiary/aromatic N) is 1. The van der Waals surface area contributed by atoms with E-state index in [-0.39, 0.29) is 11.9 Å². The van der Waals surface area contributed by atoms with Gasteiger partial charge in [0.1, 0.15) is 0 Å². The monoisotopic (exact) mass is 241 g/mol. The summed E-state index contributed by atoms with van der Waals surface area (Å²) in [6.07, 6.45) is 8.36. The molecule has 0 saturated carbocycles. The van der Waals surface area contributed by atoms with Crippen LogP contribution in [0, 0.1) is 12.3 Å². The molecule has 1 aromatic heterocycles. The number of amides is 1. The predicted octanol–water partition coefficient (Wildman–Crippen LogP) is 2.09. The third-order valence-corrected chi connectivity index (χ3v) is 2.90. The molecule has 0 radical (unpaired) electrons. The normalized spacial score (nSPS) is 12.0. The van der Waals surface area contributed by atoms with Crippen LogP contribution in [0.15, 0.2) is 24.4 Å². The summed E-state index contributed by atoms with van der Waals surface area (Å²) in [5.41, 5.74) is 1.47. The van der Waals surface area contributed by atoms with Crippen LogP contribution in [-0.2, 0) is 0 Å². The van der Waals surface area contributed by atoms with E-state index in [1.165, 1.54) is 0 Å². The maximum Gasteiger partial charge on any atom is 0.251 e. The molecule has 1 atom stereocenters. The topological polar surface area (TPSA) is 57.8 Å². The summed E-state index contributed by atoms with van der Waals surface area (Å²) < 4.78 is 0. The van der Waals surface area contributed by atoms with Gasteiger partial charge in [-0.3, -0.25) is 9.89 Å². The minimum absolute atomic E-state index is 0.0277. The van der Waals surface area contributed by atoms with E-state index >= 15 is 0 Å². The highest BCUT2D eigenvalue weighted by atomic mass is 16.1. The van der Waals surface area contributed by atoms with E-state index in [1.807, 2.05) is 13.0 Å². The van der Waals surface area contributed by atoms with Gasteiger partial charge in [0.15, 0.2) is 0 Å². The number of aromatic nitrogens is 2. The van der Waals surface area contributed by atoms with Crippen LogP contribution in [0.4, 0.5) is 0 Å². The molecule has 0 aliphatic heterocycles. The third-order valence-electron chi connectivity index (χ3n) is 2.90. The van der Waals surface area contributed by atoms with E-state index in [9.17, 15) is 4.79 Å². The fraction of sp³-hybridized carbons (Fsp3) is 0.286. The summed E-state index contributed by atoms with van der Waals surface area (Å²) in [5.74, 6) is 2.47. The van der Waals surface area contributed by atoms with Crippen LogP contribution < -0.4 is 5.32 Å². The molecule has 0 aliphatic rings. The predicted molar refractivity (Wildman–Crippen MR) is 71.1 cm³/mol. The number of nitrogens with one attached hydrogen (secondary N) is 2. The van der Waals surface area contributed by atoms with Crippen LogP contribution in [0.25, 0.3) is 10.9 Å². The fourth-order valence-corrected chi connectivity index (χ4v) is 1.79. The van der Waals surface area contributed by atoms with Gasteiger partial charge in [0.25, 0.3) is 5.91 Å². The van der Waals surface area contributed by atoms with Crippen LogP contribution in [0.2, 0.25) is 0 Å². The molecular formula is C14H15N3O. The summed E-state index contributed by atoms with van der Waals surface area (Å²) >= 11 is 0. The fourth-order valence-electron chi connectivity index (χ4n) is 1.79. The van der Waals surface area contributed by atoms with Crippen molar-refractivity contribution in [2.45, 2.75) is 25.8 Å². The summed E-state index contributed by atoms with van der Waals surface area (Å²) in [7, 11) is 0. The van der Waals surface area contributed by atoms with Gasteiger partial charge >= 0.3 is 0 Å². The van der Waals surface area contributed by atoms with Crippen LogP contribution in [0.1, 0.15) is 30.1 Å². The Bertz CT molecular complexity index is 594. The van der Waals surface area contributed by atoms with E-state index in [2.05, 4.69) is 21.4 Å². The van der Waals surface area contributed by atoms with Crippen molar-refractivity contribution in [1.82, 2.24) is 15.5 Å². The first-order chi connectivity index (χ1) is 8.74. The average molecular weight is 241 g/mol. The molecule has 1 aromatic carbocycles. The van der Waals surface area contributed by atoms with Crippen molar-refractivity contribution < 1.29 is 4.79 Å². The summed E-state index contributed by atoms with van der Waals surface area (Å²) in [5, 5.41) is 10.7. The van der Waals surface area contributed by atoms with E-state index in [1.54, 1.807) is 18.3 Å². The van der Waals surface area contributed by atoms with E-state index in [0.717, 1.165) is 17.3 Å².